The normalized spacial score (nSPS) is 18.7. The van der Waals surface area contributed by atoms with Crippen molar-refractivity contribution in [2.45, 2.75) is 19.4 Å². The molecule has 0 aromatic heterocycles. The van der Waals surface area contributed by atoms with Gasteiger partial charge in [0.15, 0.2) is 0 Å². The van der Waals surface area contributed by atoms with Gasteiger partial charge in [-0.1, -0.05) is 41.4 Å². The molecular weight excluding hydrogens is 388 g/mol. The Bertz CT molecular complexity index is 934. The standard InChI is InChI=1S/C23H25ClN2O3/c1-15-5-7-16(8-6-15)20-19(21(27)17-9-11-18(24)12-10-17)22(28)23(29)26(20)14-4-13-25(2)3/h5-12,20,27H,4,13-14H2,1-3H3/b21-19+/t20-/m1/s1. The van der Waals surface area contributed by atoms with Gasteiger partial charge in [-0.15, -0.1) is 0 Å². The van der Waals surface area contributed by atoms with Gasteiger partial charge in [-0.05, 0) is 63.8 Å². The fourth-order valence-corrected chi connectivity index (χ4v) is 3.65. The predicted octanol–water partition coefficient (Wildman–Crippen LogP) is 4.02. The summed E-state index contributed by atoms with van der Waals surface area (Å²) in [7, 11) is 3.93. The van der Waals surface area contributed by atoms with Crippen LogP contribution in [0.5, 0.6) is 0 Å². The number of aliphatic hydroxyl groups is 1. The summed E-state index contributed by atoms with van der Waals surface area (Å²) in [6.07, 6.45) is 0.726. The Balaban J connectivity index is 2.07. The van der Waals surface area contributed by atoms with Crippen LogP contribution in [0.1, 0.15) is 29.2 Å². The molecule has 2 aromatic carbocycles. The zero-order valence-electron chi connectivity index (χ0n) is 16.9. The van der Waals surface area contributed by atoms with Crippen LogP contribution in [0.25, 0.3) is 5.76 Å². The first-order valence-corrected chi connectivity index (χ1v) is 9.93. The van der Waals surface area contributed by atoms with Crippen LogP contribution < -0.4 is 0 Å². The topological polar surface area (TPSA) is 60.9 Å². The maximum Gasteiger partial charge on any atom is 0.295 e. The van der Waals surface area contributed by atoms with Crippen LogP contribution in [0.15, 0.2) is 54.1 Å². The van der Waals surface area contributed by atoms with Crippen molar-refractivity contribution in [3.63, 3.8) is 0 Å². The molecule has 1 atom stereocenters. The third-order valence-electron chi connectivity index (χ3n) is 5.06. The predicted molar refractivity (Wildman–Crippen MR) is 115 cm³/mol. The number of rotatable bonds is 6. The molecule has 0 bridgehead atoms. The minimum atomic E-state index is -0.659. The van der Waals surface area contributed by atoms with E-state index >= 15 is 0 Å². The van der Waals surface area contributed by atoms with E-state index in [1.165, 1.54) is 0 Å². The molecule has 6 heteroatoms. The highest BCUT2D eigenvalue weighted by atomic mass is 35.5. The zero-order valence-corrected chi connectivity index (χ0v) is 17.6. The number of hydrogen-bond donors (Lipinski definition) is 1. The van der Waals surface area contributed by atoms with Crippen LogP contribution in [0.4, 0.5) is 0 Å². The average molecular weight is 413 g/mol. The molecule has 1 heterocycles. The van der Waals surface area contributed by atoms with Crippen LogP contribution in [0.3, 0.4) is 0 Å². The van der Waals surface area contributed by atoms with Gasteiger partial charge in [0.2, 0.25) is 0 Å². The number of aryl methyl sites for hydroxylation is 1. The third-order valence-corrected chi connectivity index (χ3v) is 5.31. The molecule has 1 amide bonds. The largest absolute Gasteiger partial charge is 0.507 e. The highest BCUT2D eigenvalue weighted by Gasteiger charge is 2.45. The summed E-state index contributed by atoms with van der Waals surface area (Å²) in [6.45, 7) is 3.20. The number of carbonyl (C=O) groups excluding carboxylic acids is 2. The molecule has 0 unspecified atom stereocenters. The average Bonchev–Trinajstić information content (AvgIpc) is 2.93. The molecule has 1 aliphatic heterocycles. The summed E-state index contributed by atoms with van der Waals surface area (Å²) >= 11 is 5.94. The number of aliphatic hydroxyl groups excluding tert-OH is 1. The van der Waals surface area contributed by atoms with E-state index < -0.39 is 17.7 Å². The van der Waals surface area contributed by atoms with Gasteiger partial charge >= 0.3 is 0 Å². The van der Waals surface area contributed by atoms with Gasteiger partial charge in [0.1, 0.15) is 5.76 Å². The van der Waals surface area contributed by atoms with Gasteiger partial charge in [-0.25, -0.2) is 0 Å². The Labute approximate surface area is 176 Å². The summed E-state index contributed by atoms with van der Waals surface area (Å²) in [5.41, 5.74) is 2.45. The van der Waals surface area contributed by atoms with E-state index in [2.05, 4.69) is 0 Å². The summed E-state index contributed by atoms with van der Waals surface area (Å²) in [6, 6.07) is 13.6. The van der Waals surface area contributed by atoms with E-state index in [0.29, 0.717) is 17.1 Å². The van der Waals surface area contributed by atoms with Crippen LogP contribution in [0.2, 0.25) is 5.02 Å². The molecule has 2 aromatic rings. The van der Waals surface area contributed by atoms with Gasteiger partial charge in [-0.3, -0.25) is 9.59 Å². The highest BCUT2D eigenvalue weighted by Crippen LogP contribution is 2.39. The molecule has 0 aliphatic carbocycles. The van der Waals surface area contributed by atoms with E-state index in [1.54, 1.807) is 29.2 Å². The lowest BCUT2D eigenvalue weighted by Gasteiger charge is -2.26. The van der Waals surface area contributed by atoms with Crippen molar-refractivity contribution in [3.05, 3.63) is 75.8 Å². The molecule has 5 nitrogen and oxygen atoms in total. The number of halogens is 1. The lowest BCUT2D eigenvalue weighted by atomic mass is 9.94. The maximum atomic E-state index is 12.9. The van der Waals surface area contributed by atoms with Crippen molar-refractivity contribution in [2.75, 3.05) is 27.2 Å². The fraction of sp³-hybridized carbons (Fsp3) is 0.304. The number of amides is 1. The molecule has 1 fully saturated rings. The number of likely N-dealkylation sites (tertiary alicyclic amines) is 1. The minimum absolute atomic E-state index is 0.117. The van der Waals surface area contributed by atoms with Gasteiger partial charge < -0.3 is 14.9 Å². The summed E-state index contributed by atoms with van der Waals surface area (Å²) < 4.78 is 0. The van der Waals surface area contributed by atoms with Gasteiger partial charge in [0, 0.05) is 17.1 Å². The minimum Gasteiger partial charge on any atom is -0.507 e. The highest BCUT2D eigenvalue weighted by molar-refractivity contribution is 6.46. The molecule has 3 rings (SSSR count). The van der Waals surface area contributed by atoms with Crippen molar-refractivity contribution < 1.29 is 14.7 Å². The van der Waals surface area contributed by atoms with Gasteiger partial charge in [0.25, 0.3) is 11.7 Å². The lowest BCUT2D eigenvalue weighted by molar-refractivity contribution is -0.139. The van der Waals surface area contributed by atoms with Crippen molar-refractivity contribution in [1.82, 2.24) is 9.80 Å². The lowest BCUT2D eigenvalue weighted by Crippen LogP contribution is -2.32. The van der Waals surface area contributed by atoms with Crippen molar-refractivity contribution >= 4 is 29.1 Å². The van der Waals surface area contributed by atoms with Gasteiger partial charge in [-0.2, -0.15) is 0 Å². The SMILES string of the molecule is Cc1ccc([C@@H]2/C(=C(\O)c3ccc(Cl)cc3)C(=O)C(=O)N2CCCN(C)C)cc1. The molecule has 0 spiro atoms. The third kappa shape index (κ3) is 4.52. The number of benzene rings is 2. The molecule has 1 N–H and O–H groups in total. The zero-order chi connectivity index (χ0) is 21.1. The van der Waals surface area contributed by atoms with E-state index in [-0.39, 0.29) is 11.3 Å². The first-order valence-electron chi connectivity index (χ1n) is 9.55. The Kier molecular flexibility index (Phi) is 6.40. The molecule has 1 saturated heterocycles. The molecule has 1 aliphatic rings. The summed E-state index contributed by atoms with van der Waals surface area (Å²) in [4.78, 5) is 29.3. The van der Waals surface area contributed by atoms with Crippen molar-refractivity contribution in [3.8, 4) is 0 Å². The van der Waals surface area contributed by atoms with E-state index in [4.69, 9.17) is 11.6 Å². The van der Waals surface area contributed by atoms with Crippen LogP contribution in [-0.4, -0.2) is 53.8 Å². The van der Waals surface area contributed by atoms with Crippen LogP contribution in [0, 0.1) is 6.92 Å². The van der Waals surface area contributed by atoms with E-state index in [9.17, 15) is 14.7 Å². The fourth-order valence-electron chi connectivity index (χ4n) is 3.53. The summed E-state index contributed by atoms with van der Waals surface area (Å²) in [5, 5.41) is 11.5. The van der Waals surface area contributed by atoms with E-state index in [1.807, 2.05) is 50.2 Å². The Morgan fingerprint density at radius 2 is 1.69 bits per heavy atom. The van der Waals surface area contributed by atoms with Crippen molar-refractivity contribution in [1.29, 1.82) is 0 Å². The molecule has 0 saturated carbocycles. The first-order chi connectivity index (χ1) is 13.8. The smallest absolute Gasteiger partial charge is 0.295 e. The van der Waals surface area contributed by atoms with Crippen molar-refractivity contribution in [2.24, 2.45) is 0 Å². The van der Waals surface area contributed by atoms with E-state index in [0.717, 1.165) is 24.1 Å². The Morgan fingerprint density at radius 3 is 2.28 bits per heavy atom. The first kappa shape index (κ1) is 21.1. The molecular formula is C23H25ClN2O3. The Hall–Kier alpha value is -2.63. The Morgan fingerprint density at radius 1 is 1.07 bits per heavy atom. The monoisotopic (exact) mass is 412 g/mol. The molecule has 29 heavy (non-hydrogen) atoms. The number of nitrogens with zero attached hydrogens (tertiary/aromatic N) is 2. The van der Waals surface area contributed by atoms with Crippen LogP contribution in [-0.2, 0) is 9.59 Å². The number of Topliss-reactive ketones (excluding diaryl/α,β-unsaturated/α-hetero) is 1. The van der Waals surface area contributed by atoms with Crippen LogP contribution >= 0.6 is 11.6 Å². The maximum absolute atomic E-state index is 12.9. The molecule has 152 valence electrons. The van der Waals surface area contributed by atoms with Gasteiger partial charge in [0.05, 0.1) is 11.6 Å². The summed E-state index contributed by atoms with van der Waals surface area (Å²) in [5.74, 6) is -1.42. The number of carbonyl (C=O) groups is 2. The second-order valence-electron chi connectivity index (χ2n) is 7.57. The number of hydrogen-bond acceptors (Lipinski definition) is 4. The second-order valence-corrected chi connectivity index (χ2v) is 8.00. The quantitative estimate of drug-likeness (QED) is 0.442. The number of ketones is 1. The molecule has 0 radical (unpaired) electrons. The second kappa shape index (κ2) is 8.80.